The van der Waals surface area contributed by atoms with E-state index in [-0.39, 0.29) is 29.9 Å². The fourth-order valence-electron chi connectivity index (χ4n) is 5.90. The first kappa shape index (κ1) is 15.2. The fraction of sp³-hybridized carbons (Fsp3) is 0.600. The van der Waals surface area contributed by atoms with Gasteiger partial charge in [0.15, 0.2) is 0 Å². The van der Waals surface area contributed by atoms with Crippen LogP contribution in [-0.2, 0) is 9.59 Å². The fourth-order valence-corrected chi connectivity index (χ4v) is 5.90. The minimum absolute atomic E-state index is 0.0246. The highest BCUT2D eigenvalue weighted by atomic mass is 16.3. The zero-order chi connectivity index (χ0) is 17.1. The van der Waals surface area contributed by atoms with Crippen LogP contribution in [0.5, 0.6) is 5.75 Å². The van der Waals surface area contributed by atoms with Crippen LogP contribution < -0.4 is 4.90 Å². The topological polar surface area (TPSA) is 60.9 Å². The highest BCUT2D eigenvalue weighted by molar-refractivity contribution is 6.00. The standard InChI is InChI=1S/C20H24N2O3/c23-16-3-1-2-15(8-16)22-9-14(7-19(22)24)20(25)21-10-17-12-4-5-13(6-12)18(17)11-21/h1-3,8,12-14,17-18,23H,4-7,9-11H2/t12-,13+,14?,17-,18+. The van der Waals surface area contributed by atoms with E-state index in [0.29, 0.717) is 24.1 Å². The number of hydrogen-bond donors (Lipinski definition) is 1. The lowest BCUT2D eigenvalue weighted by Crippen LogP contribution is -2.37. The van der Waals surface area contributed by atoms with Crippen LogP contribution in [0.1, 0.15) is 25.7 Å². The van der Waals surface area contributed by atoms with Gasteiger partial charge in [-0.05, 0) is 55.1 Å². The Morgan fingerprint density at radius 2 is 1.80 bits per heavy atom. The smallest absolute Gasteiger partial charge is 0.228 e. The largest absolute Gasteiger partial charge is 0.508 e. The first-order valence-electron chi connectivity index (χ1n) is 9.48. The van der Waals surface area contributed by atoms with Crippen molar-refractivity contribution in [3.05, 3.63) is 24.3 Å². The van der Waals surface area contributed by atoms with Gasteiger partial charge in [-0.15, -0.1) is 0 Å². The number of benzene rings is 1. The van der Waals surface area contributed by atoms with Crippen LogP contribution in [0, 0.1) is 29.6 Å². The Morgan fingerprint density at radius 1 is 1.08 bits per heavy atom. The summed E-state index contributed by atoms with van der Waals surface area (Å²) < 4.78 is 0. The molecule has 1 N–H and O–H groups in total. The Balaban J connectivity index is 1.28. The first-order valence-corrected chi connectivity index (χ1v) is 9.48. The monoisotopic (exact) mass is 340 g/mol. The van der Waals surface area contributed by atoms with Gasteiger partial charge >= 0.3 is 0 Å². The second-order valence-electron chi connectivity index (χ2n) is 8.33. The summed E-state index contributed by atoms with van der Waals surface area (Å²) in [7, 11) is 0. The molecule has 2 aliphatic carbocycles. The van der Waals surface area contributed by atoms with Gasteiger partial charge < -0.3 is 14.9 Å². The number of fused-ring (bicyclic) bond motifs is 5. The molecule has 2 saturated carbocycles. The molecule has 0 radical (unpaired) electrons. The highest BCUT2D eigenvalue weighted by Crippen LogP contribution is 2.55. The van der Waals surface area contributed by atoms with Crippen LogP contribution in [0.3, 0.4) is 0 Å². The molecule has 25 heavy (non-hydrogen) atoms. The van der Waals surface area contributed by atoms with Gasteiger partial charge in [-0.1, -0.05) is 6.07 Å². The zero-order valence-electron chi connectivity index (χ0n) is 14.3. The van der Waals surface area contributed by atoms with Crippen LogP contribution in [0.25, 0.3) is 0 Å². The molecule has 5 rings (SSSR count). The molecule has 0 aromatic heterocycles. The van der Waals surface area contributed by atoms with Gasteiger partial charge in [-0.3, -0.25) is 9.59 Å². The molecule has 5 atom stereocenters. The van der Waals surface area contributed by atoms with Crippen LogP contribution >= 0.6 is 0 Å². The van der Waals surface area contributed by atoms with Gasteiger partial charge in [0.1, 0.15) is 5.75 Å². The predicted octanol–water partition coefficient (Wildman–Crippen LogP) is 2.25. The molecule has 0 spiro atoms. The highest BCUT2D eigenvalue weighted by Gasteiger charge is 2.53. The minimum Gasteiger partial charge on any atom is -0.508 e. The average Bonchev–Trinajstić information content (AvgIpc) is 3.35. The molecule has 4 aliphatic rings. The number of aromatic hydroxyl groups is 1. The van der Waals surface area contributed by atoms with Crippen molar-refractivity contribution >= 4 is 17.5 Å². The summed E-state index contributed by atoms with van der Waals surface area (Å²) in [5.41, 5.74) is 0.677. The number of hydrogen-bond acceptors (Lipinski definition) is 3. The van der Waals surface area contributed by atoms with Crippen molar-refractivity contribution < 1.29 is 14.7 Å². The molecule has 5 heteroatoms. The van der Waals surface area contributed by atoms with E-state index >= 15 is 0 Å². The van der Waals surface area contributed by atoms with Crippen molar-refractivity contribution in [2.45, 2.75) is 25.7 Å². The van der Waals surface area contributed by atoms with E-state index < -0.39 is 0 Å². The molecule has 2 saturated heterocycles. The summed E-state index contributed by atoms with van der Waals surface area (Å²) >= 11 is 0. The number of carbonyl (C=O) groups is 2. The molecule has 1 unspecified atom stereocenters. The van der Waals surface area contributed by atoms with Crippen LogP contribution in [0.4, 0.5) is 5.69 Å². The van der Waals surface area contributed by atoms with E-state index in [1.807, 2.05) is 11.0 Å². The maximum absolute atomic E-state index is 13.0. The summed E-state index contributed by atoms with van der Waals surface area (Å²) in [5.74, 6) is 3.12. The lowest BCUT2D eigenvalue weighted by Gasteiger charge is -2.22. The van der Waals surface area contributed by atoms with Gasteiger partial charge in [0.25, 0.3) is 0 Å². The molecular weight excluding hydrogens is 316 g/mol. The Morgan fingerprint density at radius 3 is 2.48 bits per heavy atom. The quantitative estimate of drug-likeness (QED) is 0.898. The SMILES string of the molecule is O=C(C1CC(=O)N(c2cccc(O)c2)C1)N1C[C@@H]2[C@@H]3CC[C@@H](C3)[C@@H]2C1. The van der Waals surface area contributed by atoms with Gasteiger partial charge in [0.2, 0.25) is 11.8 Å². The number of likely N-dealkylation sites (tertiary alicyclic amines) is 1. The summed E-state index contributed by atoms with van der Waals surface area (Å²) in [6, 6.07) is 6.71. The van der Waals surface area contributed by atoms with Crippen molar-refractivity contribution in [2.75, 3.05) is 24.5 Å². The van der Waals surface area contributed by atoms with Crippen molar-refractivity contribution in [3.63, 3.8) is 0 Å². The second kappa shape index (κ2) is 5.48. The summed E-state index contributed by atoms with van der Waals surface area (Å²) in [6.45, 7) is 2.24. The lowest BCUT2D eigenvalue weighted by atomic mass is 9.82. The molecule has 2 bridgehead atoms. The van der Waals surface area contributed by atoms with E-state index in [4.69, 9.17) is 0 Å². The maximum Gasteiger partial charge on any atom is 0.228 e. The number of amides is 2. The number of nitrogens with zero attached hydrogens (tertiary/aromatic N) is 2. The Hall–Kier alpha value is -2.04. The molecule has 2 aliphatic heterocycles. The predicted molar refractivity (Wildman–Crippen MR) is 93.0 cm³/mol. The molecule has 132 valence electrons. The molecule has 5 nitrogen and oxygen atoms in total. The number of phenols is 1. The third-order valence-corrected chi connectivity index (χ3v) is 7.06. The Kier molecular flexibility index (Phi) is 3.34. The number of carbonyl (C=O) groups excluding carboxylic acids is 2. The zero-order valence-corrected chi connectivity index (χ0v) is 14.3. The van der Waals surface area contributed by atoms with Gasteiger partial charge in [0.05, 0.1) is 5.92 Å². The third kappa shape index (κ3) is 2.35. The lowest BCUT2D eigenvalue weighted by molar-refractivity contribution is -0.135. The van der Waals surface area contributed by atoms with Crippen molar-refractivity contribution in [3.8, 4) is 5.75 Å². The van der Waals surface area contributed by atoms with Gasteiger partial charge in [-0.2, -0.15) is 0 Å². The van der Waals surface area contributed by atoms with Crippen LogP contribution in [0.15, 0.2) is 24.3 Å². The van der Waals surface area contributed by atoms with Crippen molar-refractivity contribution in [1.82, 2.24) is 4.90 Å². The Labute approximate surface area is 147 Å². The van der Waals surface area contributed by atoms with E-state index in [1.54, 1.807) is 23.1 Å². The molecule has 2 heterocycles. The summed E-state index contributed by atoms with van der Waals surface area (Å²) in [4.78, 5) is 29.1. The third-order valence-electron chi connectivity index (χ3n) is 7.06. The second-order valence-corrected chi connectivity index (χ2v) is 8.33. The summed E-state index contributed by atoms with van der Waals surface area (Å²) in [6.07, 6.45) is 4.36. The van der Waals surface area contributed by atoms with E-state index in [0.717, 1.165) is 24.9 Å². The van der Waals surface area contributed by atoms with Gasteiger partial charge in [0, 0.05) is 37.8 Å². The minimum atomic E-state index is -0.244. The van der Waals surface area contributed by atoms with Gasteiger partial charge in [-0.25, -0.2) is 0 Å². The molecular formula is C20H24N2O3. The molecule has 2 amide bonds. The Bertz CT molecular complexity index is 715. The summed E-state index contributed by atoms with van der Waals surface area (Å²) in [5, 5.41) is 9.64. The van der Waals surface area contributed by atoms with Crippen LogP contribution in [-0.4, -0.2) is 41.5 Å². The van der Waals surface area contributed by atoms with E-state index in [9.17, 15) is 14.7 Å². The molecule has 1 aromatic carbocycles. The van der Waals surface area contributed by atoms with Crippen molar-refractivity contribution in [1.29, 1.82) is 0 Å². The first-order chi connectivity index (χ1) is 12.1. The number of anilines is 1. The molecule has 4 fully saturated rings. The van der Waals surface area contributed by atoms with Crippen molar-refractivity contribution in [2.24, 2.45) is 29.6 Å². The van der Waals surface area contributed by atoms with E-state index in [2.05, 4.69) is 0 Å². The maximum atomic E-state index is 13.0. The van der Waals surface area contributed by atoms with Crippen LogP contribution in [0.2, 0.25) is 0 Å². The number of rotatable bonds is 2. The number of phenolic OH excluding ortho intramolecular Hbond substituents is 1. The normalized spacial score (nSPS) is 36.3. The average molecular weight is 340 g/mol. The van der Waals surface area contributed by atoms with E-state index in [1.165, 1.54) is 19.3 Å². The molecule has 1 aromatic rings.